The average molecular weight is 350 g/mol. The molecule has 0 radical (unpaired) electrons. The van der Waals surface area contributed by atoms with Gasteiger partial charge in [-0.1, -0.05) is 36.4 Å². The van der Waals surface area contributed by atoms with Gasteiger partial charge in [-0.25, -0.2) is 0 Å². The van der Waals surface area contributed by atoms with Crippen LogP contribution in [0.4, 0.5) is 0 Å². The largest absolute Gasteiger partial charge is 0.361 e. The van der Waals surface area contributed by atoms with Crippen LogP contribution in [0.2, 0.25) is 0 Å². The summed E-state index contributed by atoms with van der Waals surface area (Å²) in [5, 5.41) is 3.28. The van der Waals surface area contributed by atoms with Crippen LogP contribution in [-0.2, 0) is 0 Å². The number of hydrogen-bond acceptors (Lipinski definition) is 4. The van der Waals surface area contributed by atoms with Crippen LogP contribution in [0.15, 0.2) is 78.0 Å². The zero-order valence-corrected chi connectivity index (χ0v) is 15.0. The molecule has 0 aliphatic carbocycles. The predicted molar refractivity (Wildman–Crippen MR) is 108 cm³/mol. The average Bonchev–Trinajstić information content (AvgIpc) is 2.73. The first-order valence-electron chi connectivity index (χ1n) is 8.96. The molecule has 0 spiro atoms. The zero-order valence-electron chi connectivity index (χ0n) is 15.0. The van der Waals surface area contributed by atoms with Crippen molar-refractivity contribution in [3.05, 3.63) is 83.6 Å². The summed E-state index contributed by atoms with van der Waals surface area (Å²) in [7, 11) is 2.04. The van der Waals surface area contributed by atoms with Gasteiger partial charge in [-0.05, 0) is 29.8 Å². The van der Waals surface area contributed by atoms with Crippen molar-refractivity contribution >= 4 is 17.1 Å². The molecule has 4 heteroatoms. The minimum atomic E-state index is 0.701. The number of fused-ring (bicyclic) bond motifs is 2. The van der Waals surface area contributed by atoms with Crippen molar-refractivity contribution in [2.45, 2.75) is 0 Å². The molecule has 0 unspecified atom stereocenters. The van der Waals surface area contributed by atoms with Crippen molar-refractivity contribution in [3.8, 4) is 22.4 Å². The van der Waals surface area contributed by atoms with Crippen molar-refractivity contribution in [2.75, 3.05) is 13.7 Å². The summed E-state index contributed by atoms with van der Waals surface area (Å²) in [6.07, 6.45) is 5.81. The quantitative estimate of drug-likeness (QED) is 0.557. The Morgan fingerprint density at radius 1 is 0.852 bits per heavy atom. The fraction of sp³-hybridized carbons (Fsp3) is 0.0870. The van der Waals surface area contributed by atoms with Gasteiger partial charge >= 0.3 is 0 Å². The van der Waals surface area contributed by atoms with Gasteiger partial charge in [0.05, 0.1) is 16.6 Å². The highest BCUT2D eigenvalue weighted by atomic mass is 15.2. The van der Waals surface area contributed by atoms with E-state index in [-0.39, 0.29) is 0 Å². The van der Waals surface area contributed by atoms with E-state index in [0.717, 1.165) is 43.9 Å². The molecule has 0 saturated heterocycles. The molecule has 0 atom stereocenters. The van der Waals surface area contributed by atoms with Gasteiger partial charge in [-0.15, -0.1) is 0 Å². The molecule has 0 fully saturated rings. The Balaban J connectivity index is 1.75. The van der Waals surface area contributed by atoms with Gasteiger partial charge in [0.25, 0.3) is 0 Å². The second-order valence-electron chi connectivity index (χ2n) is 6.74. The van der Waals surface area contributed by atoms with Gasteiger partial charge in [0.2, 0.25) is 0 Å². The van der Waals surface area contributed by atoms with Crippen LogP contribution in [0.25, 0.3) is 39.5 Å². The number of benzene rings is 2. The molecule has 2 aromatic carbocycles. The number of pyridine rings is 2. The first-order valence-corrected chi connectivity index (χ1v) is 8.96. The first kappa shape index (κ1) is 15.7. The summed E-state index contributed by atoms with van der Waals surface area (Å²) in [5.74, 6) is 0. The molecule has 5 rings (SSSR count). The summed E-state index contributed by atoms with van der Waals surface area (Å²) >= 11 is 0. The minimum Gasteiger partial charge on any atom is -0.361 e. The van der Waals surface area contributed by atoms with Gasteiger partial charge in [0, 0.05) is 47.4 Å². The summed E-state index contributed by atoms with van der Waals surface area (Å²) in [6.45, 7) is 0.701. The van der Waals surface area contributed by atoms with Crippen LogP contribution in [0, 0.1) is 0 Å². The van der Waals surface area contributed by atoms with Crippen molar-refractivity contribution < 1.29 is 0 Å². The summed E-state index contributed by atoms with van der Waals surface area (Å²) in [6, 6.07) is 20.8. The molecule has 0 N–H and O–H groups in total. The Bertz CT molecular complexity index is 1270. The maximum absolute atomic E-state index is 4.72. The summed E-state index contributed by atoms with van der Waals surface area (Å²) in [5.41, 5.74) is 5.20. The molecular weight excluding hydrogens is 332 g/mol. The standard InChI is InChI=1S/C23H18N4/c1-27-14-18-13-17(9-10-21(18)26-15-27)19-8-4-12-25-23(19)20-7-2-5-16-6-3-11-24-22(16)20/h2-14H,15H2,1H3. The number of aromatic nitrogens is 2. The van der Waals surface area contributed by atoms with Gasteiger partial charge in [0.15, 0.2) is 0 Å². The maximum Gasteiger partial charge on any atom is 0.110 e. The maximum atomic E-state index is 4.72. The first-order chi connectivity index (χ1) is 13.3. The molecule has 4 aromatic rings. The van der Waals surface area contributed by atoms with Crippen LogP contribution < -0.4 is 10.6 Å². The molecule has 1 aliphatic rings. The van der Waals surface area contributed by atoms with E-state index in [1.165, 1.54) is 0 Å². The van der Waals surface area contributed by atoms with E-state index in [1.807, 2.05) is 31.6 Å². The highest BCUT2D eigenvalue weighted by Gasteiger charge is 2.12. The lowest BCUT2D eigenvalue weighted by Crippen LogP contribution is -2.34. The van der Waals surface area contributed by atoms with Gasteiger partial charge in [0.1, 0.15) is 6.67 Å². The Labute approximate surface area is 157 Å². The number of nitrogens with zero attached hydrogens (tertiary/aromatic N) is 4. The lowest BCUT2D eigenvalue weighted by molar-refractivity contribution is 0.498. The third-order valence-electron chi connectivity index (χ3n) is 4.86. The number of para-hydroxylation sites is 1. The summed E-state index contributed by atoms with van der Waals surface area (Å²) in [4.78, 5) is 16.0. The number of hydrogen-bond donors (Lipinski definition) is 0. The lowest BCUT2D eigenvalue weighted by atomic mass is 9.97. The van der Waals surface area contributed by atoms with Crippen molar-refractivity contribution in [2.24, 2.45) is 4.99 Å². The third kappa shape index (κ3) is 2.75. The Kier molecular flexibility index (Phi) is 3.68. The fourth-order valence-electron chi connectivity index (χ4n) is 3.58. The van der Waals surface area contributed by atoms with E-state index in [2.05, 4.69) is 69.6 Å². The van der Waals surface area contributed by atoms with Gasteiger partial charge in [-0.3, -0.25) is 15.0 Å². The molecule has 4 nitrogen and oxygen atoms in total. The van der Waals surface area contributed by atoms with Crippen LogP contribution in [0.3, 0.4) is 0 Å². The van der Waals surface area contributed by atoms with Crippen molar-refractivity contribution in [1.29, 1.82) is 0 Å². The van der Waals surface area contributed by atoms with Crippen LogP contribution in [0.5, 0.6) is 0 Å². The van der Waals surface area contributed by atoms with Crippen molar-refractivity contribution in [1.82, 2.24) is 14.9 Å². The molecule has 130 valence electrons. The lowest BCUT2D eigenvalue weighted by Gasteiger charge is -2.15. The predicted octanol–water partition coefficient (Wildman–Crippen LogP) is 3.22. The smallest absolute Gasteiger partial charge is 0.110 e. The van der Waals surface area contributed by atoms with E-state index in [0.29, 0.717) is 6.67 Å². The van der Waals surface area contributed by atoms with Crippen LogP contribution in [-0.4, -0.2) is 28.6 Å². The molecule has 27 heavy (non-hydrogen) atoms. The Morgan fingerprint density at radius 3 is 2.63 bits per heavy atom. The van der Waals surface area contributed by atoms with Crippen LogP contribution >= 0.6 is 0 Å². The highest BCUT2D eigenvalue weighted by Crippen LogP contribution is 2.33. The monoisotopic (exact) mass is 350 g/mol. The second-order valence-corrected chi connectivity index (χ2v) is 6.74. The second kappa shape index (κ2) is 6.32. The molecular formula is C23H18N4. The number of rotatable bonds is 2. The Hall–Kier alpha value is -3.53. The van der Waals surface area contributed by atoms with Gasteiger partial charge in [-0.2, -0.15) is 0 Å². The molecule has 2 aromatic heterocycles. The van der Waals surface area contributed by atoms with E-state index >= 15 is 0 Å². The molecule has 0 bridgehead atoms. The zero-order chi connectivity index (χ0) is 18.2. The van der Waals surface area contributed by atoms with E-state index < -0.39 is 0 Å². The van der Waals surface area contributed by atoms with Crippen molar-refractivity contribution in [3.63, 3.8) is 0 Å². The molecule has 0 saturated carbocycles. The normalized spacial score (nSPS) is 13.0. The summed E-state index contributed by atoms with van der Waals surface area (Å²) < 4.78 is 0. The molecule has 3 heterocycles. The topological polar surface area (TPSA) is 41.4 Å². The third-order valence-corrected chi connectivity index (χ3v) is 4.86. The Morgan fingerprint density at radius 2 is 1.67 bits per heavy atom. The highest BCUT2D eigenvalue weighted by molar-refractivity contribution is 5.96. The molecule has 1 aliphatic heterocycles. The van der Waals surface area contributed by atoms with E-state index in [1.54, 1.807) is 0 Å². The fourth-order valence-corrected chi connectivity index (χ4v) is 3.58. The van der Waals surface area contributed by atoms with Crippen LogP contribution in [0.1, 0.15) is 0 Å². The van der Waals surface area contributed by atoms with E-state index in [4.69, 9.17) is 4.98 Å². The van der Waals surface area contributed by atoms with Gasteiger partial charge < -0.3 is 4.90 Å². The minimum absolute atomic E-state index is 0.701. The van der Waals surface area contributed by atoms with E-state index in [9.17, 15) is 0 Å². The SMILES string of the molecule is CN1C=c2cc(-c3cccnc3-c3cccc4cccnc34)ccc2=NC1. The molecule has 0 amide bonds.